The largest absolute Gasteiger partial charge is 0.462 e. The Bertz CT molecular complexity index is 561. The topological polar surface area (TPSA) is 35.5 Å². The Labute approximate surface area is 134 Å². The Hall–Kier alpha value is -1.53. The van der Waals surface area contributed by atoms with E-state index in [9.17, 15) is 75.0 Å². The highest BCUT2D eigenvalue weighted by molar-refractivity contribution is 5.74. The zero-order valence-electron chi connectivity index (χ0n) is 11.3. The van der Waals surface area contributed by atoms with E-state index >= 15 is 0 Å². The van der Waals surface area contributed by atoms with E-state index in [0.29, 0.717) is 0 Å². The Morgan fingerprint density at radius 2 is 0.926 bits per heavy atom. The molecule has 0 N–H and O–H groups in total. The van der Waals surface area contributed by atoms with Crippen LogP contribution in [-0.4, -0.2) is 48.5 Å². The van der Waals surface area contributed by atoms with Crippen LogP contribution in [-0.2, 0) is 14.3 Å². The Morgan fingerprint density at radius 3 is 1.19 bits per heavy atom. The molecular formula is C8F16O3. The third-order valence-corrected chi connectivity index (χ3v) is 2.21. The summed E-state index contributed by atoms with van der Waals surface area (Å²) >= 11 is 0. The molecule has 27 heavy (non-hydrogen) atoms. The molecule has 0 aromatic rings. The van der Waals surface area contributed by atoms with Crippen molar-refractivity contribution < 1.29 is 84.5 Å². The third-order valence-electron chi connectivity index (χ3n) is 2.21. The molecular weight excluding hydrogens is 448 g/mol. The second-order valence-corrected chi connectivity index (χ2v) is 4.19. The number of carbonyl (C=O) groups excluding carboxylic acids is 1. The zero-order chi connectivity index (χ0) is 22.5. The van der Waals surface area contributed by atoms with Gasteiger partial charge in [0, 0.05) is 0 Å². The van der Waals surface area contributed by atoms with Crippen LogP contribution in [0.2, 0.25) is 0 Å². The molecule has 0 amide bonds. The molecule has 1 atom stereocenters. The molecule has 0 fully saturated rings. The SMILES string of the molecule is O=C(F)C(F)(F)OC(F)(F)C(F)(OC(F)(F)C(F)(F)C(F)(F)F)C(F)(F)F. The van der Waals surface area contributed by atoms with E-state index in [-0.39, 0.29) is 0 Å². The lowest BCUT2D eigenvalue weighted by atomic mass is 10.2. The van der Waals surface area contributed by atoms with E-state index in [1.54, 1.807) is 0 Å². The summed E-state index contributed by atoms with van der Waals surface area (Å²) < 4.78 is 200. The van der Waals surface area contributed by atoms with Crippen LogP contribution < -0.4 is 0 Å². The van der Waals surface area contributed by atoms with Crippen LogP contribution >= 0.6 is 0 Å². The fourth-order valence-electron chi connectivity index (χ4n) is 0.955. The first-order valence-corrected chi connectivity index (χ1v) is 5.29. The summed E-state index contributed by atoms with van der Waals surface area (Å²) in [5.41, 5.74) is 0. The van der Waals surface area contributed by atoms with E-state index in [2.05, 4.69) is 0 Å². The maximum absolute atomic E-state index is 13.3. The summed E-state index contributed by atoms with van der Waals surface area (Å²) in [6.07, 6.45) is -37.4. The average molecular weight is 448 g/mol. The molecule has 0 aromatic carbocycles. The number of alkyl halides is 15. The number of ether oxygens (including phenoxy) is 2. The second-order valence-electron chi connectivity index (χ2n) is 4.19. The minimum Gasteiger partial charge on any atom is -0.262 e. The van der Waals surface area contributed by atoms with Crippen LogP contribution in [0.5, 0.6) is 0 Å². The van der Waals surface area contributed by atoms with Gasteiger partial charge in [-0.2, -0.15) is 70.2 Å². The minimum absolute atomic E-state index is 1.23. The smallest absolute Gasteiger partial charge is 0.262 e. The van der Waals surface area contributed by atoms with Gasteiger partial charge < -0.3 is 0 Å². The van der Waals surface area contributed by atoms with Crippen molar-refractivity contribution in [2.75, 3.05) is 0 Å². The van der Waals surface area contributed by atoms with Gasteiger partial charge in [-0.1, -0.05) is 0 Å². The molecule has 0 saturated carbocycles. The molecule has 0 radical (unpaired) electrons. The summed E-state index contributed by atoms with van der Waals surface area (Å²) in [7, 11) is 0. The molecule has 1 unspecified atom stereocenters. The first-order valence-electron chi connectivity index (χ1n) is 5.29. The van der Waals surface area contributed by atoms with E-state index in [0.717, 1.165) is 0 Å². The summed E-state index contributed by atoms with van der Waals surface area (Å²) in [6.45, 7) is 0. The lowest BCUT2D eigenvalue weighted by Crippen LogP contribution is -2.66. The molecule has 0 heterocycles. The van der Waals surface area contributed by atoms with E-state index < -0.39 is 48.5 Å². The number of rotatable bonds is 7. The number of hydrogen-bond donors (Lipinski definition) is 0. The number of carbonyl (C=O) groups is 1. The maximum atomic E-state index is 13.3. The molecule has 0 saturated heterocycles. The van der Waals surface area contributed by atoms with E-state index in [1.165, 1.54) is 9.47 Å². The Kier molecular flexibility index (Phi) is 6.15. The molecule has 0 aliphatic carbocycles. The van der Waals surface area contributed by atoms with Gasteiger partial charge in [0.25, 0.3) is 0 Å². The summed E-state index contributed by atoms with van der Waals surface area (Å²) in [5.74, 6) is -15.6. The normalized spacial score (nSPS) is 17.6. The number of halogens is 16. The van der Waals surface area contributed by atoms with Crippen LogP contribution in [0.1, 0.15) is 0 Å². The molecule has 0 rings (SSSR count). The van der Waals surface area contributed by atoms with Gasteiger partial charge in [0.15, 0.2) is 0 Å². The zero-order valence-corrected chi connectivity index (χ0v) is 11.3. The van der Waals surface area contributed by atoms with Crippen molar-refractivity contribution in [3.8, 4) is 0 Å². The van der Waals surface area contributed by atoms with Crippen molar-refractivity contribution in [1.29, 1.82) is 0 Å². The molecule has 19 heteroatoms. The van der Waals surface area contributed by atoms with Crippen molar-refractivity contribution in [2.45, 2.75) is 42.5 Å². The highest BCUT2D eigenvalue weighted by atomic mass is 19.4. The molecule has 0 bridgehead atoms. The van der Waals surface area contributed by atoms with Gasteiger partial charge in [-0.15, -0.1) is 0 Å². The van der Waals surface area contributed by atoms with Gasteiger partial charge in [0.2, 0.25) is 0 Å². The van der Waals surface area contributed by atoms with Crippen LogP contribution in [0.4, 0.5) is 70.2 Å². The Morgan fingerprint density at radius 1 is 0.556 bits per heavy atom. The number of hydrogen-bond acceptors (Lipinski definition) is 3. The maximum Gasteiger partial charge on any atom is 0.462 e. The minimum atomic E-state index is -7.85. The first kappa shape index (κ1) is 25.5. The van der Waals surface area contributed by atoms with Crippen LogP contribution in [0.15, 0.2) is 0 Å². The van der Waals surface area contributed by atoms with Gasteiger partial charge in [0.05, 0.1) is 0 Å². The second kappa shape index (κ2) is 6.52. The molecule has 0 aromatic heterocycles. The lowest BCUT2D eigenvalue weighted by molar-refractivity contribution is -0.546. The highest BCUT2D eigenvalue weighted by Crippen LogP contribution is 2.55. The first-order chi connectivity index (χ1) is 11.4. The van der Waals surface area contributed by atoms with Crippen LogP contribution in [0, 0.1) is 0 Å². The van der Waals surface area contributed by atoms with E-state index in [4.69, 9.17) is 0 Å². The predicted octanol–water partition coefficient (Wildman–Crippen LogP) is 4.72. The standard InChI is InChI=1S/C8F16O3/c9-1(25)2(10,11)26-8(23,24)4(14,6(18,19)20)27-7(21,22)3(12,13)5(15,16)17. The monoisotopic (exact) mass is 448 g/mol. The molecule has 162 valence electrons. The van der Waals surface area contributed by atoms with E-state index in [1.807, 2.05) is 0 Å². The fourth-order valence-corrected chi connectivity index (χ4v) is 0.955. The third kappa shape index (κ3) is 4.49. The Balaban J connectivity index is 6.33. The van der Waals surface area contributed by atoms with Crippen LogP contribution in [0.3, 0.4) is 0 Å². The van der Waals surface area contributed by atoms with Crippen molar-refractivity contribution in [3.63, 3.8) is 0 Å². The van der Waals surface area contributed by atoms with Crippen molar-refractivity contribution in [3.05, 3.63) is 0 Å². The molecule has 0 aliphatic rings. The van der Waals surface area contributed by atoms with Crippen LogP contribution in [0.25, 0.3) is 0 Å². The van der Waals surface area contributed by atoms with Gasteiger partial charge in [-0.05, 0) is 0 Å². The van der Waals surface area contributed by atoms with Crippen molar-refractivity contribution in [1.82, 2.24) is 0 Å². The molecule has 0 spiro atoms. The highest BCUT2D eigenvalue weighted by Gasteiger charge is 2.84. The summed E-state index contributed by atoms with van der Waals surface area (Å²) in [5, 5.41) is 0. The van der Waals surface area contributed by atoms with Crippen molar-refractivity contribution in [2.24, 2.45) is 0 Å². The van der Waals surface area contributed by atoms with Crippen molar-refractivity contribution >= 4 is 6.04 Å². The van der Waals surface area contributed by atoms with Gasteiger partial charge in [0.1, 0.15) is 0 Å². The summed E-state index contributed by atoms with van der Waals surface area (Å²) in [4.78, 5) is 9.56. The van der Waals surface area contributed by atoms with Gasteiger partial charge in [-0.3, -0.25) is 9.53 Å². The predicted molar refractivity (Wildman–Crippen MR) is 44.0 cm³/mol. The van der Waals surface area contributed by atoms with Gasteiger partial charge in [-0.25, -0.2) is 4.74 Å². The quantitative estimate of drug-likeness (QED) is 0.418. The molecule has 0 aliphatic heterocycles. The summed E-state index contributed by atoms with van der Waals surface area (Å²) in [6, 6.07) is -4.35. The average Bonchev–Trinajstić information content (AvgIpc) is 2.33. The van der Waals surface area contributed by atoms with Gasteiger partial charge >= 0.3 is 48.5 Å². The fraction of sp³-hybridized carbons (Fsp3) is 0.875. The molecule has 3 nitrogen and oxygen atoms in total. The lowest BCUT2D eigenvalue weighted by Gasteiger charge is -2.38.